The molecule has 0 radical (unpaired) electrons. The first-order valence-corrected chi connectivity index (χ1v) is 11.8. The first-order chi connectivity index (χ1) is 15.9. The molecule has 168 valence electrons. The van der Waals surface area contributed by atoms with Gasteiger partial charge < -0.3 is 9.73 Å². The molecule has 4 rings (SSSR count). The summed E-state index contributed by atoms with van der Waals surface area (Å²) in [6.45, 7) is 5.72. The number of fused-ring (bicyclic) bond motifs is 1. The average Bonchev–Trinajstić information content (AvgIpc) is 2.82. The fourth-order valence-corrected chi connectivity index (χ4v) is 4.22. The summed E-state index contributed by atoms with van der Waals surface area (Å²) in [6.07, 6.45) is 5.18. The number of hydrogen-bond acceptors (Lipinski definition) is 6. The number of pyridine rings is 1. The molecule has 2 aromatic carbocycles. The van der Waals surface area contributed by atoms with Gasteiger partial charge in [-0.3, -0.25) is 19.3 Å². The van der Waals surface area contributed by atoms with Crippen LogP contribution in [0.3, 0.4) is 0 Å². The molecule has 1 amide bonds. The van der Waals surface area contributed by atoms with Crippen molar-refractivity contribution in [1.29, 1.82) is 0 Å². The van der Waals surface area contributed by atoms with Crippen LogP contribution in [0.25, 0.3) is 22.3 Å². The molecule has 7 heteroatoms. The lowest BCUT2D eigenvalue weighted by atomic mass is 9.98. The summed E-state index contributed by atoms with van der Waals surface area (Å²) in [5, 5.41) is 3.97. The minimum atomic E-state index is -0.233. The Morgan fingerprint density at radius 3 is 2.64 bits per heavy atom. The van der Waals surface area contributed by atoms with E-state index < -0.39 is 0 Å². The number of amides is 1. The van der Waals surface area contributed by atoms with Crippen molar-refractivity contribution in [3.63, 3.8) is 0 Å². The van der Waals surface area contributed by atoms with Crippen LogP contribution in [-0.4, -0.2) is 17.1 Å². The summed E-state index contributed by atoms with van der Waals surface area (Å²) in [5.41, 5.74) is 4.81. The summed E-state index contributed by atoms with van der Waals surface area (Å²) >= 11 is 1.25. The van der Waals surface area contributed by atoms with Crippen LogP contribution in [0.2, 0.25) is 0 Å². The Kier molecular flexibility index (Phi) is 6.51. The fraction of sp³-hybridized carbons (Fsp3) is 0.192. The number of benzene rings is 2. The van der Waals surface area contributed by atoms with Crippen molar-refractivity contribution in [2.24, 2.45) is 0 Å². The van der Waals surface area contributed by atoms with Gasteiger partial charge in [-0.1, -0.05) is 30.1 Å². The minimum absolute atomic E-state index is 0.0630. The number of nitrogens with zero attached hydrogens (tertiary/aromatic N) is 1. The van der Waals surface area contributed by atoms with E-state index in [0.717, 1.165) is 16.7 Å². The highest BCUT2D eigenvalue weighted by atomic mass is 32.2. The summed E-state index contributed by atoms with van der Waals surface area (Å²) < 4.78 is 9.12. The molecule has 33 heavy (non-hydrogen) atoms. The largest absolute Gasteiger partial charge is 0.455 e. The Bertz CT molecular complexity index is 1380. The monoisotopic (exact) mass is 459 g/mol. The lowest BCUT2D eigenvalue weighted by Gasteiger charge is -2.20. The van der Waals surface area contributed by atoms with E-state index in [1.807, 2.05) is 56.3 Å². The van der Waals surface area contributed by atoms with Gasteiger partial charge in [0.05, 0.1) is 17.0 Å². The van der Waals surface area contributed by atoms with E-state index in [9.17, 15) is 9.59 Å². The zero-order valence-corrected chi connectivity index (χ0v) is 19.7. The van der Waals surface area contributed by atoms with E-state index in [2.05, 4.69) is 15.0 Å². The van der Waals surface area contributed by atoms with Gasteiger partial charge in [0.2, 0.25) is 0 Å². The maximum absolute atomic E-state index is 13.3. The molecule has 1 unspecified atom stereocenters. The summed E-state index contributed by atoms with van der Waals surface area (Å²) in [7, 11) is 0. The van der Waals surface area contributed by atoms with Crippen molar-refractivity contribution in [2.75, 3.05) is 11.6 Å². The molecule has 2 aromatic heterocycles. The van der Waals surface area contributed by atoms with Crippen LogP contribution < -0.4 is 15.5 Å². The van der Waals surface area contributed by atoms with Crippen molar-refractivity contribution >= 4 is 34.5 Å². The van der Waals surface area contributed by atoms with Gasteiger partial charge in [-0.05, 0) is 56.7 Å². The van der Waals surface area contributed by atoms with Crippen molar-refractivity contribution in [1.82, 2.24) is 9.71 Å². The highest BCUT2D eigenvalue weighted by molar-refractivity contribution is 7.97. The lowest BCUT2D eigenvalue weighted by molar-refractivity contribution is 0.0985. The van der Waals surface area contributed by atoms with Crippen molar-refractivity contribution in [2.45, 2.75) is 26.8 Å². The number of anilines is 1. The molecule has 4 aromatic rings. The van der Waals surface area contributed by atoms with E-state index in [-0.39, 0.29) is 17.4 Å². The summed E-state index contributed by atoms with van der Waals surface area (Å²) in [6, 6.07) is 14.7. The van der Waals surface area contributed by atoms with E-state index in [4.69, 9.17) is 4.42 Å². The van der Waals surface area contributed by atoms with Gasteiger partial charge in [-0.25, -0.2) is 0 Å². The second kappa shape index (κ2) is 9.50. The molecule has 0 bridgehead atoms. The molecule has 0 saturated heterocycles. The molecule has 0 aliphatic rings. The number of aromatic nitrogens is 1. The molecule has 0 saturated carbocycles. The zero-order valence-electron chi connectivity index (χ0n) is 18.9. The number of aryl methyl sites for hydroxylation is 1. The number of hydrogen-bond donors (Lipinski definition) is 2. The number of carbonyl (C=O) groups is 1. The Labute approximate surface area is 196 Å². The van der Waals surface area contributed by atoms with Crippen LogP contribution in [0.15, 0.2) is 70.1 Å². The molecular weight excluding hydrogens is 434 g/mol. The second-order valence-electron chi connectivity index (χ2n) is 7.90. The Hall–Kier alpha value is -3.58. The molecule has 0 aliphatic heterocycles. The number of nitrogens with one attached hydrogen (secondary N) is 2. The highest BCUT2D eigenvalue weighted by Gasteiger charge is 2.20. The van der Waals surface area contributed by atoms with Gasteiger partial charge in [-0.15, -0.1) is 0 Å². The van der Waals surface area contributed by atoms with Gasteiger partial charge in [0.1, 0.15) is 11.3 Å². The molecule has 0 aliphatic carbocycles. The lowest BCUT2D eigenvalue weighted by Crippen LogP contribution is -2.18. The SMILES string of the molecule is CSNC(=O)c1ccccc1NC(C)c1cc(C)cc2c(=O)c(C)c(-c3cccnc3)oc12. The quantitative estimate of drug-likeness (QED) is 0.362. The smallest absolute Gasteiger partial charge is 0.263 e. The Morgan fingerprint density at radius 2 is 1.91 bits per heavy atom. The predicted octanol–water partition coefficient (Wildman–Crippen LogP) is 5.65. The minimum Gasteiger partial charge on any atom is -0.455 e. The summed E-state index contributed by atoms with van der Waals surface area (Å²) in [4.78, 5) is 29.9. The average molecular weight is 460 g/mol. The van der Waals surface area contributed by atoms with Gasteiger partial charge in [0.25, 0.3) is 5.91 Å². The maximum Gasteiger partial charge on any atom is 0.263 e. The Balaban J connectivity index is 1.84. The molecule has 0 fully saturated rings. The first kappa shape index (κ1) is 22.6. The van der Waals surface area contributed by atoms with Gasteiger partial charge in [-0.2, -0.15) is 0 Å². The standard InChI is InChI=1S/C26H25N3O3S/c1-15-12-20(17(3)28-22-10-6-5-9-19(22)26(31)29-33-4)25-21(13-15)23(30)16(2)24(32-25)18-8-7-11-27-14-18/h5-14,17,28H,1-4H3,(H,29,31). The van der Waals surface area contributed by atoms with Gasteiger partial charge in [0.15, 0.2) is 5.43 Å². The van der Waals surface area contributed by atoms with Crippen LogP contribution in [0, 0.1) is 13.8 Å². The van der Waals surface area contributed by atoms with Crippen LogP contribution in [0.5, 0.6) is 0 Å². The fourth-order valence-electron chi connectivity index (χ4n) is 3.93. The van der Waals surface area contributed by atoms with Crippen molar-refractivity contribution in [3.8, 4) is 11.3 Å². The topological polar surface area (TPSA) is 84.2 Å². The molecule has 6 nitrogen and oxygen atoms in total. The van der Waals surface area contributed by atoms with Crippen LogP contribution in [0.1, 0.15) is 40.0 Å². The van der Waals surface area contributed by atoms with Crippen molar-refractivity contribution in [3.05, 3.63) is 93.4 Å². The maximum atomic E-state index is 13.3. The third kappa shape index (κ3) is 4.50. The second-order valence-corrected chi connectivity index (χ2v) is 8.52. The number of rotatable bonds is 6. The molecule has 2 heterocycles. The van der Waals surface area contributed by atoms with Gasteiger partial charge in [0, 0.05) is 41.0 Å². The number of carbonyl (C=O) groups excluding carboxylic acids is 1. The highest BCUT2D eigenvalue weighted by Crippen LogP contribution is 2.32. The zero-order chi connectivity index (χ0) is 23.5. The first-order valence-electron chi connectivity index (χ1n) is 10.6. The third-order valence-electron chi connectivity index (χ3n) is 5.52. The summed E-state index contributed by atoms with van der Waals surface area (Å²) in [5.74, 6) is 0.338. The molecule has 2 N–H and O–H groups in total. The van der Waals surface area contributed by atoms with E-state index in [1.165, 1.54) is 11.9 Å². The molecule has 1 atom stereocenters. The van der Waals surface area contributed by atoms with E-state index >= 15 is 0 Å². The third-order valence-corrected chi connectivity index (χ3v) is 5.91. The normalized spacial score (nSPS) is 11.9. The van der Waals surface area contributed by atoms with E-state index in [1.54, 1.807) is 31.6 Å². The molecule has 0 spiro atoms. The van der Waals surface area contributed by atoms with Crippen LogP contribution >= 0.6 is 11.9 Å². The predicted molar refractivity (Wildman–Crippen MR) is 135 cm³/mol. The van der Waals surface area contributed by atoms with Crippen LogP contribution in [-0.2, 0) is 0 Å². The Morgan fingerprint density at radius 1 is 1.12 bits per heavy atom. The molecular formula is C26H25N3O3S. The van der Waals surface area contributed by atoms with Gasteiger partial charge >= 0.3 is 0 Å². The van der Waals surface area contributed by atoms with E-state index in [0.29, 0.717) is 33.5 Å². The van der Waals surface area contributed by atoms with Crippen LogP contribution in [0.4, 0.5) is 5.69 Å². The van der Waals surface area contributed by atoms with Crippen molar-refractivity contribution < 1.29 is 9.21 Å². The number of para-hydroxylation sites is 1.